The van der Waals surface area contributed by atoms with Gasteiger partial charge in [-0.2, -0.15) is 5.10 Å². The molecule has 0 aromatic carbocycles. The molecule has 3 heterocycles. The van der Waals surface area contributed by atoms with Crippen molar-refractivity contribution >= 4 is 23.2 Å². The highest BCUT2D eigenvalue weighted by Crippen LogP contribution is 2.28. The molecule has 1 aliphatic rings. The first-order chi connectivity index (χ1) is 9.69. The molecule has 0 atom stereocenters. The number of nitrogens with zero attached hydrogens (tertiary/aromatic N) is 4. The fraction of sp³-hybridized carbons (Fsp3) is 0.500. The average Bonchev–Trinajstić information content (AvgIpc) is 2.86. The maximum atomic E-state index is 11.6. The molecule has 20 heavy (non-hydrogen) atoms. The smallest absolute Gasteiger partial charge is 0.237 e. The van der Waals surface area contributed by atoms with Crippen LogP contribution in [0.1, 0.15) is 30.1 Å². The van der Waals surface area contributed by atoms with E-state index < -0.39 is 0 Å². The lowest BCUT2D eigenvalue weighted by molar-refractivity contribution is -0.129. The van der Waals surface area contributed by atoms with E-state index in [1.165, 1.54) is 5.69 Å². The summed E-state index contributed by atoms with van der Waals surface area (Å²) in [6.45, 7) is 3.50. The summed E-state index contributed by atoms with van der Waals surface area (Å²) in [5.74, 6) is 0.516. The van der Waals surface area contributed by atoms with Gasteiger partial charge < -0.3 is 4.90 Å². The molecule has 0 N–H and O–H groups in total. The van der Waals surface area contributed by atoms with E-state index in [0.29, 0.717) is 5.92 Å². The summed E-state index contributed by atoms with van der Waals surface area (Å²) in [6.07, 6.45) is 3.73. The maximum absolute atomic E-state index is 11.6. The third-order valence-corrected chi connectivity index (χ3v) is 4.12. The molecular formula is C14H17ClN4O. The van der Waals surface area contributed by atoms with Crippen molar-refractivity contribution in [3.63, 3.8) is 0 Å². The van der Waals surface area contributed by atoms with Crippen LogP contribution in [0.4, 0.5) is 0 Å². The van der Waals surface area contributed by atoms with Crippen molar-refractivity contribution in [1.29, 1.82) is 0 Å². The zero-order valence-corrected chi connectivity index (χ0v) is 12.2. The van der Waals surface area contributed by atoms with Gasteiger partial charge in [0.1, 0.15) is 5.88 Å². The third kappa shape index (κ3) is 2.38. The van der Waals surface area contributed by atoms with Gasteiger partial charge in [0.05, 0.1) is 5.69 Å². The Morgan fingerprint density at radius 1 is 1.45 bits per heavy atom. The van der Waals surface area contributed by atoms with Gasteiger partial charge >= 0.3 is 0 Å². The van der Waals surface area contributed by atoms with Crippen LogP contribution in [0, 0.1) is 6.92 Å². The number of fused-ring (bicyclic) bond motifs is 1. The number of piperidine rings is 1. The van der Waals surface area contributed by atoms with E-state index in [4.69, 9.17) is 11.6 Å². The molecule has 5 nitrogen and oxygen atoms in total. The molecule has 1 fully saturated rings. The maximum Gasteiger partial charge on any atom is 0.237 e. The summed E-state index contributed by atoms with van der Waals surface area (Å²) in [4.78, 5) is 17.8. The lowest BCUT2D eigenvalue weighted by Crippen LogP contribution is -2.38. The zero-order valence-electron chi connectivity index (χ0n) is 11.4. The van der Waals surface area contributed by atoms with Gasteiger partial charge in [-0.1, -0.05) is 0 Å². The molecule has 106 valence electrons. The first kappa shape index (κ1) is 13.4. The Morgan fingerprint density at radius 2 is 2.20 bits per heavy atom. The van der Waals surface area contributed by atoms with Crippen molar-refractivity contribution in [3.05, 3.63) is 29.7 Å². The Bertz CT molecular complexity index is 631. The van der Waals surface area contributed by atoms with Crippen molar-refractivity contribution in [2.24, 2.45) is 0 Å². The fourth-order valence-electron chi connectivity index (χ4n) is 2.85. The molecule has 0 spiro atoms. The largest absolute Gasteiger partial charge is 0.342 e. The Balaban J connectivity index is 1.81. The van der Waals surface area contributed by atoms with Crippen LogP contribution in [0.3, 0.4) is 0 Å². The quantitative estimate of drug-likeness (QED) is 0.795. The van der Waals surface area contributed by atoms with Gasteiger partial charge in [0, 0.05) is 37.0 Å². The van der Waals surface area contributed by atoms with Gasteiger partial charge in [0.25, 0.3) is 0 Å². The number of aromatic nitrogens is 3. The number of likely N-dealkylation sites (tertiary alicyclic amines) is 1. The number of alkyl halides is 1. The number of hydrogen-bond acceptors (Lipinski definition) is 3. The van der Waals surface area contributed by atoms with E-state index in [1.54, 1.807) is 0 Å². The van der Waals surface area contributed by atoms with Crippen LogP contribution in [0.5, 0.6) is 0 Å². The molecule has 2 aromatic rings. The van der Waals surface area contributed by atoms with Gasteiger partial charge in [-0.3, -0.25) is 4.79 Å². The molecule has 3 rings (SSSR count). The summed E-state index contributed by atoms with van der Waals surface area (Å²) in [5, 5.41) is 4.51. The first-order valence-corrected chi connectivity index (χ1v) is 7.37. The van der Waals surface area contributed by atoms with Gasteiger partial charge in [-0.05, 0) is 25.8 Å². The van der Waals surface area contributed by atoms with E-state index in [1.807, 2.05) is 34.7 Å². The van der Waals surface area contributed by atoms with Crippen molar-refractivity contribution in [2.75, 3.05) is 19.0 Å². The molecule has 0 bridgehead atoms. The number of carbonyl (C=O) groups is 1. The molecule has 0 unspecified atom stereocenters. The molecule has 0 radical (unpaired) electrons. The third-order valence-electron chi connectivity index (χ3n) is 3.89. The normalized spacial score (nSPS) is 16.8. The van der Waals surface area contributed by atoms with E-state index in [-0.39, 0.29) is 11.8 Å². The van der Waals surface area contributed by atoms with Crippen LogP contribution in [0.15, 0.2) is 18.3 Å². The van der Waals surface area contributed by atoms with Crippen molar-refractivity contribution < 1.29 is 4.79 Å². The lowest BCUT2D eigenvalue weighted by atomic mass is 9.93. The van der Waals surface area contributed by atoms with Crippen LogP contribution in [0.25, 0.3) is 5.65 Å². The molecule has 0 aliphatic carbocycles. The van der Waals surface area contributed by atoms with Crippen LogP contribution < -0.4 is 0 Å². The number of amides is 1. The monoisotopic (exact) mass is 292 g/mol. The second-order valence-corrected chi connectivity index (χ2v) is 5.48. The number of aryl methyl sites for hydroxylation is 1. The topological polar surface area (TPSA) is 50.5 Å². The Labute approximate surface area is 122 Å². The highest BCUT2D eigenvalue weighted by Gasteiger charge is 2.25. The van der Waals surface area contributed by atoms with Crippen molar-refractivity contribution in [1.82, 2.24) is 19.5 Å². The minimum atomic E-state index is 0.0277. The predicted molar refractivity (Wildman–Crippen MR) is 77.0 cm³/mol. The average molecular weight is 293 g/mol. The van der Waals surface area contributed by atoms with Crippen molar-refractivity contribution in [3.8, 4) is 0 Å². The van der Waals surface area contributed by atoms with Crippen LogP contribution >= 0.6 is 11.6 Å². The second kappa shape index (κ2) is 5.40. The molecular weight excluding hydrogens is 276 g/mol. The Morgan fingerprint density at radius 3 is 2.90 bits per heavy atom. The predicted octanol–water partition coefficient (Wildman–Crippen LogP) is 1.98. The second-order valence-electron chi connectivity index (χ2n) is 5.21. The van der Waals surface area contributed by atoms with Crippen LogP contribution in [-0.4, -0.2) is 44.4 Å². The summed E-state index contributed by atoms with van der Waals surface area (Å²) in [7, 11) is 0. The van der Waals surface area contributed by atoms with Crippen LogP contribution in [-0.2, 0) is 4.79 Å². The number of carbonyl (C=O) groups excluding carboxylic acids is 1. The molecule has 1 aliphatic heterocycles. The van der Waals surface area contributed by atoms with Crippen molar-refractivity contribution in [2.45, 2.75) is 25.7 Å². The first-order valence-electron chi connectivity index (χ1n) is 6.84. The summed E-state index contributed by atoms with van der Waals surface area (Å²) < 4.78 is 1.93. The summed E-state index contributed by atoms with van der Waals surface area (Å²) in [6, 6.07) is 4.01. The zero-order chi connectivity index (χ0) is 14.1. The lowest BCUT2D eigenvalue weighted by Gasteiger charge is -2.31. The van der Waals surface area contributed by atoms with E-state index in [9.17, 15) is 4.79 Å². The van der Waals surface area contributed by atoms with Gasteiger partial charge in [0.2, 0.25) is 5.91 Å². The standard InChI is InChI=1S/C14H17ClN4O/c1-10-8-13-16-5-2-12(19(13)17-10)11-3-6-18(7-4-11)14(20)9-15/h2,5,8,11H,3-4,6-7,9H2,1H3. The molecule has 6 heteroatoms. The number of halogens is 1. The van der Waals surface area contributed by atoms with Gasteiger partial charge in [-0.15, -0.1) is 11.6 Å². The molecule has 1 saturated heterocycles. The number of hydrogen-bond donors (Lipinski definition) is 0. The molecule has 0 saturated carbocycles. The van der Waals surface area contributed by atoms with Crippen LogP contribution in [0.2, 0.25) is 0 Å². The Hall–Kier alpha value is -1.62. The summed E-state index contributed by atoms with van der Waals surface area (Å²) >= 11 is 5.61. The Kier molecular flexibility index (Phi) is 3.61. The van der Waals surface area contributed by atoms with Gasteiger partial charge in [0.15, 0.2) is 5.65 Å². The fourth-order valence-corrected chi connectivity index (χ4v) is 3.02. The summed E-state index contributed by atoms with van der Waals surface area (Å²) in [5.41, 5.74) is 3.04. The number of rotatable bonds is 2. The highest BCUT2D eigenvalue weighted by molar-refractivity contribution is 6.27. The van der Waals surface area contributed by atoms with E-state index in [0.717, 1.165) is 37.3 Å². The minimum Gasteiger partial charge on any atom is -0.342 e. The molecule has 2 aromatic heterocycles. The highest BCUT2D eigenvalue weighted by atomic mass is 35.5. The molecule has 1 amide bonds. The van der Waals surface area contributed by atoms with E-state index >= 15 is 0 Å². The SMILES string of the molecule is Cc1cc2nccc(C3CCN(C(=O)CCl)CC3)n2n1. The van der Waals surface area contributed by atoms with E-state index in [2.05, 4.69) is 10.1 Å². The van der Waals surface area contributed by atoms with Gasteiger partial charge in [-0.25, -0.2) is 9.50 Å². The minimum absolute atomic E-state index is 0.0277.